The van der Waals surface area contributed by atoms with E-state index in [1.165, 1.54) is 27.4 Å². The highest BCUT2D eigenvalue weighted by molar-refractivity contribution is 6.11. The Hall–Kier alpha value is -3.33. The molecule has 0 saturated heterocycles. The highest BCUT2D eigenvalue weighted by Gasteiger charge is 2.13. The molecule has 2 N–H and O–H groups in total. The first-order valence-corrected chi connectivity index (χ1v) is 8.37. The number of pyridine rings is 1. The summed E-state index contributed by atoms with van der Waals surface area (Å²) < 4.78 is 2.33. The molecule has 5 rings (SSSR count). The van der Waals surface area contributed by atoms with Crippen molar-refractivity contribution in [3.05, 3.63) is 78.5 Å². The molecule has 0 aliphatic carbocycles. The van der Waals surface area contributed by atoms with Crippen molar-refractivity contribution < 1.29 is 0 Å². The van der Waals surface area contributed by atoms with Crippen LogP contribution in [0.4, 0.5) is 5.82 Å². The number of hydrogen-bond donors (Lipinski definition) is 1. The fourth-order valence-electron chi connectivity index (χ4n) is 3.80. The Labute approximate surface area is 145 Å². The molecule has 120 valence electrons. The van der Waals surface area contributed by atoms with Gasteiger partial charge in [0.15, 0.2) is 0 Å². The number of nitrogen functional groups attached to an aromatic ring is 1. The van der Waals surface area contributed by atoms with Gasteiger partial charge < -0.3 is 10.3 Å². The summed E-state index contributed by atoms with van der Waals surface area (Å²) in [6, 6.07) is 23.4. The zero-order chi connectivity index (χ0) is 17.0. The van der Waals surface area contributed by atoms with Crippen LogP contribution in [-0.4, -0.2) is 9.55 Å². The first-order chi connectivity index (χ1) is 12.2. The largest absolute Gasteiger partial charge is 0.383 e. The minimum Gasteiger partial charge on any atom is -0.383 e. The van der Waals surface area contributed by atoms with E-state index in [4.69, 9.17) is 5.73 Å². The van der Waals surface area contributed by atoms with Crippen LogP contribution in [0.3, 0.4) is 0 Å². The molecule has 0 aliphatic rings. The summed E-state index contributed by atoms with van der Waals surface area (Å²) >= 11 is 0. The third-order valence-electron chi connectivity index (χ3n) is 4.94. The van der Waals surface area contributed by atoms with Crippen molar-refractivity contribution >= 4 is 38.4 Å². The predicted octanol–water partition coefficient (Wildman–Crippen LogP) is 5.22. The molecule has 0 aliphatic heterocycles. The van der Waals surface area contributed by atoms with Crippen LogP contribution < -0.4 is 5.73 Å². The number of aryl methyl sites for hydroxylation is 1. The Balaban J connectivity index is 1.93. The molecule has 0 saturated carbocycles. The third-order valence-corrected chi connectivity index (χ3v) is 4.94. The summed E-state index contributed by atoms with van der Waals surface area (Å²) in [6.07, 6.45) is 1.76. The molecule has 25 heavy (non-hydrogen) atoms. The lowest BCUT2D eigenvalue weighted by atomic mass is 10.1. The summed E-state index contributed by atoms with van der Waals surface area (Å²) in [6.45, 7) is 2.17. The average Bonchev–Trinajstić information content (AvgIpc) is 2.97. The highest BCUT2D eigenvalue weighted by Crippen LogP contribution is 2.34. The minimum absolute atomic E-state index is 0.571. The van der Waals surface area contributed by atoms with Gasteiger partial charge in [-0.15, -0.1) is 0 Å². The van der Waals surface area contributed by atoms with E-state index in [1.54, 1.807) is 6.20 Å². The number of fused-ring (bicyclic) bond motifs is 4. The van der Waals surface area contributed by atoms with Gasteiger partial charge in [0.2, 0.25) is 0 Å². The second-order valence-corrected chi connectivity index (χ2v) is 6.42. The maximum Gasteiger partial charge on any atom is 0.131 e. The molecule has 0 radical (unpaired) electrons. The molecule has 0 unspecified atom stereocenters. The lowest BCUT2D eigenvalue weighted by molar-refractivity contribution is 1.18. The van der Waals surface area contributed by atoms with Gasteiger partial charge in [0.25, 0.3) is 0 Å². The molecule has 3 aromatic carbocycles. The SMILES string of the molecule is Cc1cccc2c1c1ccccc1n2-c1ccc2c(N)nccc2c1. The number of aromatic nitrogens is 2. The topological polar surface area (TPSA) is 43.8 Å². The van der Waals surface area contributed by atoms with Gasteiger partial charge in [-0.3, -0.25) is 0 Å². The number of hydrogen-bond acceptors (Lipinski definition) is 2. The quantitative estimate of drug-likeness (QED) is 0.459. The normalized spacial score (nSPS) is 11.6. The van der Waals surface area contributed by atoms with E-state index in [9.17, 15) is 0 Å². The molecule has 0 spiro atoms. The Morgan fingerprint density at radius 2 is 1.68 bits per heavy atom. The van der Waals surface area contributed by atoms with E-state index in [-0.39, 0.29) is 0 Å². The van der Waals surface area contributed by atoms with Gasteiger partial charge in [-0.2, -0.15) is 0 Å². The van der Waals surface area contributed by atoms with Crippen LogP contribution in [0.2, 0.25) is 0 Å². The molecule has 5 aromatic rings. The maximum absolute atomic E-state index is 6.01. The van der Waals surface area contributed by atoms with E-state index in [1.807, 2.05) is 6.07 Å². The highest BCUT2D eigenvalue weighted by atomic mass is 15.0. The van der Waals surface area contributed by atoms with Crippen molar-refractivity contribution in [1.82, 2.24) is 9.55 Å². The molecular formula is C22H17N3. The molecule has 3 nitrogen and oxygen atoms in total. The summed E-state index contributed by atoms with van der Waals surface area (Å²) in [5.41, 5.74) is 10.9. The van der Waals surface area contributed by atoms with Crippen molar-refractivity contribution in [3.63, 3.8) is 0 Å². The molecule has 0 amide bonds. The summed E-state index contributed by atoms with van der Waals surface area (Å²) in [5.74, 6) is 0.571. The van der Waals surface area contributed by atoms with Crippen LogP contribution in [0.1, 0.15) is 5.56 Å². The zero-order valence-corrected chi connectivity index (χ0v) is 13.9. The fourth-order valence-corrected chi connectivity index (χ4v) is 3.80. The monoisotopic (exact) mass is 323 g/mol. The van der Waals surface area contributed by atoms with Gasteiger partial charge in [0, 0.05) is 28.0 Å². The van der Waals surface area contributed by atoms with E-state index in [0.717, 1.165) is 16.5 Å². The summed E-state index contributed by atoms with van der Waals surface area (Å²) in [4.78, 5) is 4.18. The fraction of sp³-hybridized carbons (Fsp3) is 0.0455. The Morgan fingerprint density at radius 3 is 2.60 bits per heavy atom. The van der Waals surface area contributed by atoms with E-state index >= 15 is 0 Å². The minimum atomic E-state index is 0.571. The predicted molar refractivity (Wildman–Crippen MR) is 105 cm³/mol. The van der Waals surface area contributed by atoms with Gasteiger partial charge in [-0.1, -0.05) is 30.3 Å². The second kappa shape index (κ2) is 5.08. The molecule has 0 fully saturated rings. The van der Waals surface area contributed by atoms with Crippen molar-refractivity contribution in [2.75, 3.05) is 5.73 Å². The van der Waals surface area contributed by atoms with Gasteiger partial charge in [0.05, 0.1) is 11.0 Å². The van der Waals surface area contributed by atoms with Crippen molar-refractivity contribution in [3.8, 4) is 5.69 Å². The summed E-state index contributed by atoms with van der Waals surface area (Å²) in [5, 5.41) is 4.68. The van der Waals surface area contributed by atoms with Gasteiger partial charge in [-0.05, 0) is 54.3 Å². The van der Waals surface area contributed by atoms with Crippen LogP contribution in [0.15, 0.2) is 72.9 Å². The van der Waals surface area contributed by atoms with Gasteiger partial charge in [0.1, 0.15) is 5.82 Å². The molecule has 2 aromatic heterocycles. The second-order valence-electron chi connectivity index (χ2n) is 6.42. The Morgan fingerprint density at radius 1 is 0.840 bits per heavy atom. The van der Waals surface area contributed by atoms with Crippen LogP contribution >= 0.6 is 0 Å². The van der Waals surface area contributed by atoms with E-state index < -0.39 is 0 Å². The number of nitrogens with zero attached hydrogens (tertiary/aromatic N) is 2. The molecule has 0 bridgehead atoms. The number of benzene rings is 3. The molecular weight excluding hydrogens is 306 g/mol. The van der Waals surface area contributed by atoms with Crippen LogP contribution in [-0.2, 0) is 0 Å². The van der Waals surface area contributed by atoms with Gasteiger partial charge in [-0.25, -0.2) is 4.98 Å². The zero-order valence-electron chi connectivity index (χ0n) is 13.9. The lowest BCUT2D eigenvalue weighted by Crippen LogP contribution is -1.95. The van der Waals surface area contributed by atoms with E-state index in [2.05, 4.69) is 77.1 Å². The smallest absolute Gasteiger partial charge is 0.131 e. The molecule has 2 heterocycles. The standard InChI is InChI=1S/C22H17N3/c1-14-5-4-8-20-21(14)18-6-2-3-7-19(18)25(20)16-9-10-17-15(13-16)11-12-24-22(17)23/h2-13H,1H3,(H2,23,24). The van der Waals surface area contributed by atoms with Crippen molar-refractivity contribution in [1.29, 1.82) is 0 Å². The molecule has 3 heteroatoms. The third kappa shape index (κ3) is 1.96. The maximum atomic E-state index is 6.01. The Kier molecular flexibility index (Phi) is 2.86. The first-order valence-electron chi connectivity index (χ1n) is 8.37. The number of rotatable bonds is 1. The van der Waals surface area contributed by atoms with E-state index in [0.29, 0.717) is 5.82 Å². The first kappa shape index (κ1) is 14.1. The average molecular weight is 323 g/mol. The number of anilines is 1. The van der Waals surface area contributed by atoms with Crippen molar-refractivity contribution in [2.24, 2.45) is 0 Å². The van der Waals surface area contributed by atoms with Crippen molar-refractivity contribution in [2.45, 2.75) is 6.92 Å². The van der Waals surface area contributed by atoms with Crippen LogP contribution in [0.25, 0.3) is 38.3 Å². The van der Waals surface area contributed by atoms with Gasteiger partial charge >= 0.3 is 0 Å². The Bertz CT molecular complexity index is 1260. The number of nitrogens with two attached hydrogens (primary N) is 1. The molecule has 0 atom stereocenters. The lowest BCUT2D eigenvalue weighted by Gasteiger charge is -2.10. The number of para-hydroxylation sites is 1. The summed E-state index contributed by atoms with van der Waals surface area (Å²) in [7, 11) is 0. The van der Waals surface area contributed by atoms with Crippen LogP contribution in [0.5, 0.6) is 0 Å². The van der Waals surface area contributed by atoms with Crippen LogP contribution in [0, 0.1) is 6.92 Å².